The van der Waals surface area contributed by atoms with Crippen LogP contribution in [0.15, 0.2) is 30.3 Å². The molecule has 0 bridgehead atoms. The van der Waals surface area contributed by atoms with Crippen LogP contribution in [0.2, 0.25) is 0 Å². The average Bonchev–Trinajstić information content (AvgIpc) is 2.58. The third kappa shape index (κ3) is 10.0. The zero-order valence-corrected chi connectivity index (χ0v) is 14.7. The fraction of sp³-hybridized carbons (Fsp3) is 0.526. The van der Waals surface area contributed by atoms with E-state index in [2.05, 4.69) is 6.92 Å². The fourth-order valence-corrected chi connectivity index (χ4v) is 2.18. The van der Waals surface area contributed by atoms with Gasteiger partial charge in [0.05, 0.1) is 12.5 Å². The van der Waals surface area contributed by atoms with E-state index in [1.807, 2.05) is 24.3 Å². The summed E-state index contributed by atoms with van der Waals surface area (Å²) in [5.41, 5.74) is 0.930. The highest BCUT2D eigenvalue weighted by atomic mass is 35.5. The van der Waals surface area contributed by atoms with Gasteiger partial charge in [0, 0.05) is 6.08 Å². The zero-order chi connectivity index (χ0) is 16.8. The molecule has 128 valence electrons. The number of carbonyl (C=O) groups excluding carboxylic acids is 1. The minimum Gasteiger partial charge on any atom is -0.494 e. The first kappa shape index (κ1) is 19.6. The van der Waals surface area contributed by atoms with Gasteiger partial charge in [-0.15, -0.1) is 11.6 Å². The smallest absolute Gasteiger partial charge is 0.330 e. The van der Waals surface area contributed by atoms with E-state index < -0.39 is 0 Å². The van der Waals surface area contributed by atoms with Crippen molar-refractivity contribution >= 4 is 23.6 Å². The Labute approximate surface area is 144 Å². The molecule has 0 aliphatic carbocycles. The van der Waals surface area contributed by atoms with Gasteiger partial charge in [0.25, 0.3) is 0 Å². The van der Waals surface area contributed by atoms with Crippen molar-refractivity contribution in [3.8, 4) is 5.75 Å². The lowest BCUT2D eigenvalue weighted by atomic mass is 10.1. The van der Waals surface area contributed by atoms with E-state index in [4.69, 9.17) is 21.1 Å². The van der Waals surface area contributed by atoms with Gasteiger partial charge in [0.15, 0.2) is 0 Å². The minimum absolute atomic E-state index is 0.232. The summed E-state index contributed by atoms with van der Waals surface area (Å²) in [6.07, 6.45) is 10.7. The van der Waals surface area contributed by atoms with Gasteiger partial charge in [-0.25, -0.2) is 4.79 Å². The highest BCUT2D eigenvalue weighted by Crippen LogP contribution is 2.14. The summed E-state index contributed by atoms with van der Waals surface area (Å²) in [5.74, 6) is 0.791. The molecule has 0 aromatic heterocycles. The van der Waals surface area contributed by atoms with E-state index in [-0.39, 0.29) is 12.6 Å². The Bertz CT molecular complexity index is 454. The second-order valence-corrected chi connectivity index (χ2v) is 5.75. The zero-order valence-electron chi connectivity index (χ0n) is 13.9. The van der Waals surface area contributed by atoms with Crippen molar-refractivity contribution in [3.05, 3.63) is 35.9 Å². The lowest BCUT2D eigenvalue weighted by Crippen LogP contribution is -2.02. The van der Waals surface area contributed by atoms with Crippen LogP contribution in [0.5, 0.6) is 5.75 Å². The molecule has 1 aromatic carbocycles. The third-order valence-electron chi connectivity index (χ3n) is 3.38. The highest BCUT2D eigenvalue weighted by molar-refractivity contribution is 6.18. The number of halogens is 1. The van der Waals surface area contributed by atoms with Crippen molar-refractivity contribution in [1.82, 2.24) is 0 Å². The van der Waals surface area contributed by atoms with Crippen molar-refractivity contribution in [2.75, 3.05) is 19.1 Å². The predicted molar refractivity (Wildman–Crippen MR) is 96.0 cm³/mol. The van der Waals surface area contributed by atoms with E-state index in [9.17, 15) is 4.79 Å². The summed E-state index contributed by atoms with van der Waals surface area (Å²) < 4.78 is 10.6. The molecule has 0 heterocycles. The van der Waals surface area contributed by atoms with Crippen LogP contribution in [-0.4, -0.2) is 25.1 Å². The van der Waals surface area contributed by atoms with Crippen LogP contribution < -0.4 is 4.74 Å². The molecule has 0 saturated heterocycles. The molecule has 0 spiro atoms. The molecule has 1 aromatic rings. The fourth-order valence-electron chi connectivity index (χ4n) is 2.10. The normalized spacial score (nSPS) is 10.9. The van der Waals surface area contributed by atoms with Crippen LogP contribution in [0, 0.1) is 0 Å². The van der Waals surface area contributed by atoms with Crippen LogP contribution in [-0.2, 0) is 9.53 Å². The largest absolute Gasteiger partial charge is 0.494 e. The van der Waals surface area contributed by atoms with E-state index in [1.54, 1.807) is 6.08 Å². The quantitative estimate of drug-likeness (QED) is 0.227. The molecule has 0 radical (unpaired) electrons. The Morgan fingerprint density at radius 2 is 1.74 bits per heavy atom. The van der Waals surface area contributed by atoms with E-state index in [0.29, 0.717) is 5.88 Å². The SMILES string of the molecule is CCCCCCCCOc1ccc(/C=C/C(=O)OCCCl)cc1. The first-order valence-electron chi connectivity index (χ1n) is 8.40. The molecule has 0 N–H and O–H groups in total. The summed E-state index contributed by atoms with van der Waals surface area (Å²) >= 11 is 5.45. The monoisotopic (exact) mass is 338 g/mol. The molecule has 0 fully saturated rings. The molecule has 0 aliphatic rings. The van der Waals surface area contributed by atoms with Crippen molar-refractivity contribution in [2.45, 2.75) is 45.4 Å². The average molecular weight is 339 g/mol. The van der Waals surface area contributed by atoms with E-state index in [1.165, 1.54) is 38.2 Å². The number of alkyl halides is 1. The van der Waals surface area contributed by atoms with Crippen molar-refractivity contribution in [2.24, 2.45) is 0 Å². The number of esters is 1. The van der Waals surface area contributed by atoms with Crippen LogP contribution in [0.4, 0.5) is 0 Å². The standard InChI is InChI=1S/C19H27ClO3/c1-2-3-4-5-6-7-15-22-18-11-8-17(9-12-18)10-13-19(21)23-16-14-20/h8-13H,2-7,14-16H2,1H3/b13-10+. The molecule has 0 atom stereocenters. The number of hydrogen-bond acceptors (Lipinski definition) is 3. The first-order chi connectivity index (χ1) is 11.3. The third-order valence-corrected chi connectivity index (χ3v) is 3.53. The number of rotatable bonds is 12. The molecule has 0 saturated carbocycles. The summed E-state index contributed by atoms with van der Waals surface area (Å²) in [4.78, 5) is 11.3. The maximum absolute atomic E-state index is 11.3. The Hall–Kier alpha value is -1.48. The summed E-state index contributed by atoms with van der Waals surface area (Å²) in [5, 5.41) is 0. The Morgan fingerprint density at radius 1 is 1.04 bits per heavy atom. The van der Waals surface area contributed by atoms with Crippen molar-refractivity contribution in [3.63, 3.8) is 0 Å². The maximum Gasteiger partial charge on any atom is 0.330 e. The van der Waals surface area contributed by atoms with Crippen molar-refractivity contribution in [1.29, 1.82) is 0 Å². The lowest BCUT2D eigenvalue weighted by molar-refractivity contribution is -0.137. The number of benzene rings is 1. The highest BCUT2D eigenvalue weighted by Gasteiger charge is 1.97. The van der Waals surface area contributed by atoms with Crippen molar-refractivity contribution < 1.29 is 14.3 Å². The first-order valence-corrected chi connectivity index (χ1v) is 8.93. The molecule has 23 heavy (non-hydrogen) atoms. The van der Waals surface area contributed by atoms with Gasteiger partial charge in [-0.05, 0) is 30.2 Å². The summed E-state index contributed by atoms with van der Waals surface area (Å²) in [6, 6.07) is 7.67. The molecule has 0 amide bonds. The maximum atomic E-state index is 11.3. The van der Waals surface area contributed by atoms with Gasteiger partial charge in [0.1, 0.15) is 12.4 Å². The Kier molecular flexibility index (Phi) is 11.1. The number of hydrogen-bond donors (Lipinski definition) is 0. The van der Waals surface area contributed by atoms with E-state index >= 15 is 0 Å². The van der Waals surface area contributed by atoms with Crippen LogP contribution in [0.1, 0.15) is 51.0 Å². The van der Waals surface area contributed by atoms with Gasteiger partial charge in [0.2, 0.25) is 0 Å². The lowest BCUT2D eigenvalue weighted by Gasteiger charge is -2.06. The molecular weight excluding hydrogens is 312 g/mol. The number of ether oxygens (including phenoxy) is 2. The topological polar surface area (TPSA) is 35.5 Å². The predicted octanol–water partition coefficient (Wildman–Crippen LogP) is 5.22. The van der Waals surface area contributed by atoms with Gasteiger partial charge in [-0.1, -0.05) is 51.2 Å². The van der Waals surface area contributed by atoms with Gasteiger partial charge in [-0.3, -0.25) is 0 Å². The molecule has 1 rings (SSSR count). The Balaban J connectivity index is 2.22. The summed E-state index contributed by atoms with van der Waals surface area (Å²) in [7, 11) is 0. The van der Waals surface area contributed by atoms with Gasteiger partial charge < -0.3 is 9.47 Å². The van der Waals surface area contributed by atoms with Crippen LogP contribution in [0.3, 0.4) is 0 Å². The number of unbranched alkanes of at least 4 members (excludes halogenated alkanes) is 5. The van der Waals surface area contributed by atoms with Crippen LogP contribution in [0.25, 0.3) is 6.08 Å². The number of carbonyl (C=O) groups is 1. The van der Waals surface area contributed by atoms with Gasteiger partial charge >= 0.3 is 5.97 Å². The van der Waals surface area contributed by atoms with Gasteiger partial charge in [-0.2, -0.15) is 0 Å². The van der Waals surface area contributed by atoms with Crippen LogP contribution >= 0.6 is 11.6 Å². The Morgan fingerprint density at radius 3 is 2.43 bits per heavy atom. The molecule has 0 unspecified atom stereocenters. The minimum atomic E-state index is -0.381. The summed E-state index contributed by atoms with van der Waals surface area (Å²) in [6.45, 7) is 3.22. The second-order valence-electron chi connectivity index (χ2n) is 5.38. The second kappa shape index (κ2) is 13.0. The molecule has 0 aliphatic heterocycles. The molecule has 3 nitrogen and oxygen atoms in total. The van der Waals surface area contributed by atoms with E-state index in [0.717, 1.165) is 24.3 Å². The molecule has 4 heteroatoms. The molecular formula is C19H27ClO3.